The van der Waals surface area contributed by atoms with E-state index in [9.17, 15) is 9.59 Å². The molecule has 4 nitrogen and oxygen atoms in total. The number of amides is 1. The highest BCUT2D eigenvalue weighted by Crippen LogP contribution is 2.22. The molecule has 0 unspecified atom stereocenters. The summed E-state index contributed by atoms with van der Waals surface area (Å²) in [5, 5.41) is 2.40. The van der Waals surface area contributed by atoms with Crippen LogP contribution in [0, 0.1) is 0 Å². The van der Waals surface area contributed by atoms with E-state index < -0.39 is 5.97 Å². The molecule has 1 N–H and O–H groups in total. The van der Waals surface area contributed by atoms with Crippen molar-refractivity contribution < 1.29 is 14.3 Å². The van der Waals surface area contributed by atoms with Crippen molar-refractivity contribution in [3.8, 4) is 0 Å². The minimum atomic E-state index is -0.653. The number of ether oxygens (including phenoxy) is 1. The first-order valence-electron chi connectivity index (χ1n) is 5.95. The number of benzene rings is 1. The van der Waals surface area contributed by atoms with Crippen LogP contribution in [0.5, 0.6) is 0 Å². The molecule has 1 amide bonds. The first-order chi connectivity index (χ1) is 8.75. The first-order valence-corrected chi connectivity index (χ1v) is 5.95. The van der Waals surface area contributed by atoms with Crippen molar-refractivity contribution in [1.29, 1.82) is 0 Å². The smallest absolute Gasteiger partial charge is 0.353 e. The molecule has 19 heavy (non-hydrogen) atoms. The van der Waals surface area contributed by atoms with Crippen LogP contribution in [0.25, 0.3) is 0 Å². The molecule has 0 saturated heterocycles. The predicted molar refractivity (Wildman–Crippen MR) is 73.8 cm³/mol. The number of rotatable bonds is 3. The van der Waals surface area contributed by atoms with Gasteiger partial charge in [-0.2, -0.15) is 0 Å². The highest BCUT2D eigenvalue weighted by atomic mass is 16.5. The Balaban J connectivity index is 2.79. The Hall–Kier alpha value is -2.10. The van der Waals surface area contributed by atoms with E-state index in [0.717, 1.165) is 5.56 Å². The fourth-order valence-electron chi connectivity index (χ4n) is 1.51. The highest BCUT2D eigenvalue weighted by Gasteiger charge is 2.15. The zero-order valence-corrected chi connectivity index (χ0v) is 11.7. The molecular formula is C15H19NO3. The Morgan fingerprint density at radius 3 is 2.11 bits per heavy atom. The summed E-state index contributed by atoms with van der Waals surface area (Å²) in [4.78, 5) is 23.0. The average molecular weight is 261 g/mol. The summed E-state index contributed by atoms with van der Waals surface area (Å²) < 4.78 is 4.46. The Bertz CT molecular complexity index is 495. The summed E-state index contributed by atoms with van der Waals surface area (Å²) >= 11 is 0. The van der Waals surface area contributed by atoms with Crippen molar-refractivity contribution in [1.82, 2.24) is 5.32 Å². The third-order valence-corrected chi connectivity index (χ3v) is 2.71. The SMILES string of the molecule is C=C(NC(=O)c1ccc(C(C)(C)C)cc1)C(=O)OC. The van der Waals surface area contributed by atoms with Gasteiger partial charge in [0.25, 0.3) is 5.91 Å². The molecule has 0 saturated carbocycles. The van der Waals surface area contributed by atoms with Crippen LogP contribution in [0.4, 0.5) is 0 Å². The first kappa shape index (κ1) is 15.0. The zero-order valence-electron chi connectivity index (χ0n) is 11.7. The molecule has 0 aliphatic heterocycles. The molecule has 1 rings (SSSR count). The minimum absolute atomic E-state index is 0.0324. The van der Waals surface area contributed by atoms with Crippen LogP contribution < -0.4 is 5.32 Å². The van der Waals surface area contributed by atoms with Crippen LogP contribution in [0.3, 0.4) is 0 Å². The van der Waals surface area contributed by atoms with Crippen molar-refractivity contribution in [2.24, 2.45) is 0 Å². The lowest BCUT2D eigenvalue weighted by molar-refractivity contribution is -0.136. The molecule has 0 radical (unpaired) electrons. The summed E-state index contributed by atoms with van der Waals surface area (Å²) in [6.07, 6.45) is 0. The second-order valence-corrected chi connectivity index (χ2v) is 5.25. The van der Waals surface area contributed by atoms with E-state index >= 15 is 0 Å². The van der Waals surface area contributed by atoms with Gasteiger partial charge in [0.2, 0.25) is 0 Å². The van der Waals surface area contributed by atoms with E-state index in [4.69, 9.17) is 0 Å². The number of carbonyl (C=O) groups is 2. The molecule has 1 aromatic rings. The van der Waals surface area contributed by atoms with Gasteiger partial charge in [-0.05, 0) is 23.1 Å². The van der Waals surface area contributed by atoms with Crippen molar-refractivity contribution in [3.05, 3.63) is 47.7 Å². The predicted octanol–water partition coefficient (Wildman–Crippen LogP) is 2.40. The fraction of sp³-hybridized carbons (Fsp3) is 0.333. The van der Waals surface area contributed by atoms with Gasteiger partial charge in [-0.15, -0.1) is 0 Å². The standard InChI is InChI=1S/C15H19NO3/c1-10(14(18)19-5)16-13(17)11-6-8-12(9-7-11)15(2,3)4/h6-9H,1H2,2-5H3,(H,16,17). The van der Waals surface area contributed by atoms with Gasteiger partial charge >= 0.3 is 5.97 Å². The van der Waals surface area contributed by atoms with Crippen LogP contribution >= 0.6 is 0 Å². The quantitative estimate of drug-likeness (QED) is 0.671. The van der Waals surface area contributed by atoms with Gasteiger partial charge in [-0.1, -0.05) is 39.5 Å². The third-order valence-electron chi connectivity index (χ3n) is 2.71. The minimum Gasteiger partial charge on any atom is -0.464 e. The molecule has 0 aliphatic carbocycles. The maximum absolute atomic E-state index is 11.9. The average Bonchev–Trinajstić information content (AvgIpc) is 2.36. The second-order valence-electron chi connectivity index (χ2n) is 5.25. The molecule has 0 atom stereocenters. The van der Waals surface area contributed by atoms with E-state index in [1.54, 1.807) is 12.1 Å². The molecule has 0 aliphatic rings. The van der Waals surface area contributed by atoms with Crippen LogP contribution in [0.1, 0.15) is 36.7 Å². The molecule has 0 aromatic heterocycles. The molecular weight excluding hydrogens is 242 g/mol. The van der Waals surface area contributed by atoms with Gasteiger partial charge in [0, 0.05) is 5.56 Å². The molecule has 4 heteroatoms. The zero-order chi connectivity index (χ0) is 14.6. The number of methoxy groups -OCH3 is 1. The Morgan fingerprint density at radius 2 is 1.68 bits per heavy atom. The maximum atomic E-state index is 11.9. The number of hydrogen-bond acceptors (Lipinski definition) is 3. The van der Waals surface area contributed by atoms with Gasteiger partial charge in [0.1, 0.15) is 5.70 Å². The van der Waals surface area contributed by atoms with Crippen molar-refractivity contribution in [2.45, 2.75) is 26.2 Å². The van der Waals surface area contributed by atoms with Crippen molar-refractivity contribution in [3.63, 3.8) is 0 Å². The number of esters is 1. The largest absolute Gasteiger partial charge is 0.464 e. The van der Waals surface area contributed by atoms with E-state index in [1.165, 1.54) is 7.11 Å². The van der Waals surface area contributed by atoms with E-state index in [0.29, 0.717) is 5.56 Å². The Morgan fingerprint density at radius 1 is 1.16 bits per heavy atom. The molecule has 1 aromatic carbocycles. The molecule has 0 heterocycles. The Kier molecular flexibility index (Phi) is 4.48. The molecule has 102 valence electrons. The van der Waals surface area contributed by atoms with E-state index in [-0.39, 0.29) is 17.0 Å². The van der Waals surface area contributed by atoms with Gasteiger partial charge < -0.3 is 10.1 Å². The lowest BCUT2D eigenvalue weighted by atomic mass is 9.87. The second kappa shape index (κ2) is 5.69. The number of nitrogens with one attached hydrogen (secondary N) is 1. The third kappa shape index (κ3) is 3.95. The molecule has 0 spiro atoms. The summed E-state index contributed by atoms with van der Waals surface area (Å²) in [6.45, 7) is 9.74. The molecule has 0 bridgehead atoms. The monoisotopic (exact) mass is 261 g/mol. The van der Waals surface area contributed by atoms with Crippen LogP contribution in [0.2, 0.25) is 0 Å². The van der Waals surface area contributed by atoms with Crippen LogP contribution in [-0.2, 0) is 14.9 Å². The van der Waals surface area contributed by atoms with Crippen molar-refractivity contribution in [2.75, 3.05) is 7.11 Å². The highest BCUT2D eigenvalue weighted by molar-refractivity contribution is 6.00. The summed E-state index contributed by atoms with van der Waals surface area (Å²) in [5.41, 5.74) is 1.56. The maximum Gasteiger partial charge on any atom is 0.353 e. The molecule has 0 fully saturated rings. The number of carbonyl (C=O) groups excluding carboxylic acids is 2. The lowest BCUT2D eigenvalue weighted by Crippen LogP contribution is -2.27. The summed E-state index contributed by atoms with van der Waals surface area (Å²) in [6, 6.07) is 7.24. The van der Waals surface area contributed by atoms with E-state index in [1.807, 2.05) is 12.1 Å². The topological polar surface area (TPSA) is 55.4 Å². The fourth-order valence-corrected chi connectivity index (χ4v) is 1.51. The van der Waals surface area contributed by atoms with Gasteiger partial charge in [-0.3, -0.25) is 4.79 Å². The Labute approximate surface area is 113 Å². The van der Waals surface area contributed by atoms with Crippen LogP contribution in [-0.4, -0.2) is 19.0 Å². The van der Waals surface area contributed by atoms with Crippen LogP contribution in [0.15, 0.2) is 36.5 Å². The van der Waals surface area contributed by atoms with Gasteiger partial charge in [0.15, 0.2) is 0 Å². The van der Waals surface area contributed by atoms with E-state index in [2.05, 4.69) is 37.4 Å². The van der Waals surface area contributed by atoms with Crippen molar-refractivity contribution >= 4 is 11.9 Å². The summed E-state index contributed by atoms with van der Waals surface area (Å²) in [5.74, 6) is -1.03. The van der Waals surface area contributed by atoms with Gasteiger partial charge in [0.05, 0.1) is 7.11 Å². The number of hydrogen-bond donors (Lipinski definition) is 1. The lowest BCUT2D eigenvalue weighted by Gasteiger charge is -2.19. The normalized spacial score (nSPS) is 10.7. The summed E-state index contributed by atoms with van der Waals surface area (Å²) in [7, 11) is 1.23. The van der Waals surface area contributed by atoms with Gasteiger partial charge in [-0.25, -0.2) is 4.79 Å².